The Kier molecular flexibility index (Phi) is 3.41. The second kappa shape index (κ2) is 5.84. The van der Waals surface area contributed by atoms with Gasteiger partial charge in [-0.15, -0.1) is 10.2 Å². The summed E-state index contributed by atoms with van der Waals surface area (Å²) < 4.78 is 21.3. The van der Waals surface area contributed by atoms with Crippen LogP contribution in [-0.2, 0) is 16.9 Å². The number of amides is 3. The van der Waals surface area contributed by atoms with Crippen molar-refractivity contribution in [3.63, 3.8) is 0 Å². The fourth-order valence-corrected chi connectivity index (χ4v) is 3.20. The van der Waals surface area contributed by atoms with Gasteiger partial charge in [0.2, 0.25) is 12.7 Å². The molecule has 142 valence electrons. The van der Waals surface area contributed by atoms with Gasteiger partial charge in [0.25, 0.3) is 11.8 Å². The Hall–Kier alpha value is -3.82. The molecule has 0 unspecified atom stereocenters. The molecule has 4 heterocycles. The number of carbonyl (C=O) groups is 2. The predicted molar refractivity (Wildman–Crippen MR) is 91.0 cm³/mol. The minimum absolute atomic E-state index is 0.116. The van der Waals surface area contributed by atoms with Crippen molar-refractivity contribution in [2.45, 2.75) is 19.0 Å². The number of aromatic nitrogens is 2. The maximum atomic E-state index is 13.0. The molecule has 10 nitrogen and oxygen atoms in total. The monoisotopic (exact) mass is 382 g/mol. The number of urea groups is 1. The van der Waals surface area contributed by atoms with Gasteiger partial charge >= 0.3 is 6.03 Å². The van der Waals surface area contributed by atoms with Gasteiger partial charge < -0.3 is 23.6 Å². The zero-order chi connectivity index (χ0) is 19.3. The second-order valence-electron chi connectivity index (χ2n) is 6.49. The largest absolute Gasteiger partial charge is 0.459 e. The average molecular weight is 382 g/mol. The third-order valence-corrected chi connectivity index (χ3v) is 4.72. The Morgan fingerprint density at radius 1 is 1.18 bits per heavy atom. The highest BCUT2D eigenvalue weighted by molar-refractivity contribution is 6.07. The van der Waals surface area contributed by atoms with E-state index in [2.05, 4.69) is 15.5 Å². The first-order chi connectivity index (χ1) is 13.5. The summed E-state index contributed by atoms with van der Waals surface area (Å²) in [4.78, 5) is 26.5. The van der Waals surface area contributed by atoms with Gasteiger partial charge in [0.15, 0.2) is 17.3 Å². The quantitative estimate of drug-likeness (QED) is 0.681. The molecule has 28 heavy (non-hydrogen) atoms. The van der Waals surface area contributed by atoms with E-state index in [1.54, 1.807) is 37.3 Å². The molecule has 0 radical (unpaired) electrons. The topological polar surface area (TPSA) is 120 Å². The summed E-state index contributed by atoms with van der Waals surface area (Å²) >= 11 is 0. The molecule has 1 fully saturated rings. The van der Waals surface area contributed by atoms with E-state index < -0.39 is 17.5 Å². The van der Waals surface area contributed by atoms with E-state index in [0.717, 1.165) is 4.90 Å². The van der Waals surface area contributed by atoms with Gasteiger partial charge in [0, 0.05) is 0 Å². The first-order valence-electron chi connectivity index (χ1n) is 8.45. The Labute approximate surface area is 158 Å². The van der Waals surface area contributed by atoms with Gasteiger partial charge in [-0.2, -0.15) is 0 Å². The van der Waals surface area contributed by atoms with Crippen LogP contribution in [0.2, 0.25) is 0 Å². The van der Waals surface area contributed by atoms with Gasteiger partial charge in [-0.1, -0.05) is 6.07 Å². The van der Waals surface area contributed by atoms with Crippen molar-refractivity contribution in [3.8, 4) is 23.1 Å². The third-order valence-electron chi connectivity index (χ3n) is 4.72. The lowest BCUT2D eigenvalue weighted by molar-refractivity contribution is -0.131. The fourth-order valence-electron chi connectivity index (χ4n) is 3.20. The molecule has 3 aromatic rings. The van der Waals surface area contributed by atoms with Crippen LogP contribution in [0.3, 0.4) is 0 Å². The zero-order valence-corrected chi connectivity index (χ0v) is 14.7. The van der Waals surface area contributed by atoms with Crippen LogP contribution in [0.25, 0.3) is 11.7 Å². The van der Waals surface area contributed by atoms with E-state index in [9.17, 15) is 9.59 Å². The molecule has 5 rings (SSSR count). The van der Waals surface area contributed by atoms with E-state index in [0.29, 0.717) is 22.8 Å². The molecule has 3 amide bonds. The van der Waals surface area contributed by atoms with Crippen LogP contribution >= 0.6 is 0 Å². The number of carbonyl (C=O) groups excluding carboxylic acids is 2. The summed E-state index contributed by atoms with van der Waals surface area (Å²) in [6.45, 7) is 1.60. The van der Waals surface area contributed by atoms with Gasteiger partial charge in [-0.25, -0.2) is 4.79 Å². The summed E-state index contributed by atoms with van der Waals surface area (Å²) in [5, 5.41) is 10.5. The van der Waals surface area contributed by atoms with Gasteiger partial charge in [-0.05, 0) is 36.8 Å². The summed E-state index contributed by atoms with van der Waals surface area (Å²) in [7, 11) is 0. The molecule has 0 spiro atoms. The Morgan fingerprint density at radius 2 is 2.04 bits per heavy atom. The van der Waals surface area contributed by atoms with E-state index in [1.165, 1.54) is 6.26 Å². The molecule has 1 aromatic carbocycles. The van der Waals surface area contributed by atoms with Gasteiger partial charge in [0.05, 0.1) is 6.26 Å². The molecule has 1 saturated heterocycles. The molecule has 2 aromatic heterocycles. The highest BCUT2D eigenvalue weighted by atomic mass is 16.7. The fraction of sp³-hybridized carbons (Fsp3) is 0.222. The molecule has 2 aliphatic rings. The highest BCUT2D eigenvalue weighted by Crippen LogP contribution is 2.38. The van der Waals surface area contributed by atoms with Crippen molar-refractivity contribution < 1.29 is 27.9 Å². The summed E-state index contributed by atoms with van der Waals surface area (Å²) in [5.41, 5.74) is -0.665. The van der Waals surface area contributed by atoms with Crippen LogP contribution in [0.15, 0.2) is 45.4 Å². The van der Waals surface area contributed by atoms with Gasteiger partial charge in [-0.3, -0.25) is 9.69 Å². The molecule has 1 atom stereocenters. The molecule has 1 N–H and O–H groups in total. The molecule has 10 heteroatoms. The van der Waals surface area contributed by atoms with Crippen LogP contribution in [0.4, 0.5) is 4.79 Å². The first-order valence-corrected chi connectivity index (χ1v) is 8.45. The van der Waals surface area contributed by atoms with Crippen LogP contribution in [-0.4, -0.2) is 33.8 Å². The Bertz CT molecular complexity index is 1080. The van der Waals surface area contributed by atoms with Crippen molar-refractivity contribution in [3.05, 3.63) is 48.0 Å². The Balaban J connectivity index is 1.40. The maximum absolute atomic E-state index is 13.0. The standard InChI is InChI=1S/C18H14N4O6/c1-18(10-4-5-11-13(7-10)27-9-26-11)16(23)22(17(24)19-18)8-14-20-21-15(28-14)12-3-2-6-25-12/h2-7H,8-9H2,1H3,(H,19,24)/t18-/m1/s1. The maximum Gasteiger partial charge on any atom is 0.325 e. The van der Waals surface area contributed by atoms with Crippen LogP contribution < -0.4 is 14.8 Å². The normalized spacial score (nSPS) is 20.7. The number of hydrogen-bond donors (Lipinski definition) is 1. The summed E-state index contributed by atoms with van der Waals surface area (Å²) in [5.74, 6) is 1.38. The van der Waals surface area contributed by atoms with Crippen LogP contribution in [0, 0.1) is 0 Å². The molecule has 0 saturated carbocycles. The lowest BCUT2D eigenvalue weighted by Gasteiger charge is -2.22. The van der Waals surface area contributed by atoms with Crippen molar-refractivity contribution in [2.24, 2.45) is 0 Å². The highest BCUT2D eigenvalue weighted by Gasteiger charge is 2.49. The third kappa shape index (κ3) is 2.42. The minimum Gasteiger partial charge on any atom is -0.459 e. The number of imide groups is 1. The molecule has 0 aliphatic carbocycles. The first kappa shape index (κ1) is 16.4. The van der Waals surface area contributed by atoms with Crippen LogP contribution in [0.1, 0.15) is 18.4 Å². The van der Waals surface area contributed by atoms with Gasteiger partial charge in [0.1, 0.15) is 12.1 Å². The van der Waals surface area contributed by atoms with E-state index >= 15 is 0 Å². The summed E-state index contributed by atoms with van der Waals surface area (Å²) in [6, 6.07) is 7.92. The van der Waals surface area contributed by atoms with Crippen LogP contribution in [0.5, 0.6) is 11.5 Å². The molecular weight excluding hydrogens is 368 g/mol. The SMILES string of the molecule is C[C@]1(c2ccc3c(c2)OCO3)NC(=O)N(Cc2nnc(-c3ccco3)o2)C1=O. The number of hydrogen-bond acceptors (Lipinski definition) is 8. The average Bonchev–Trinajstić information content (AvgIpc) is 3.47. The number of benzene rings is 1. The second-order valence-corrected chi connectivity index (χ2v) is 6.49. The number of nitrogens with one attached hydrogen (secondary N) is 1. The minimum atomic E-state index is -1.25. The summed E-state index contributed by atoms with van der Waals surface area (Å²) in [6.07, 6.45) is 1.48. The number of fused-ring (bicyclic) bond motifs is 1. The predicted octanol–water partition coefficient (Wildman–Crippen LogP) is 2.03. The van der Waals surface area contributed by atoms with E-state index in [4.69, 9.17) is 18.3 Å². The van der Waals surface area contributed by atoms with Crippen molar-refractivity contribution >= 4 is 11.9 Å². The van der Waals surface area contributed by atoms with E-state index in [-0.39, 0.29) is 25.1 Å². The van der Waals surface area contributed by atoms with E-state index in [1.807, 2.05) is 0 Å². The number of furan rings is 1. The van der Waals surface area contributed by atoms with Crippen molar-refractivity contribution in [2.75, 3.05) is 6.79 Å². The lowest BCUT2D eigenvalue weighted by Crippen LogP contribution is -2.40. The smallest absolute Gasteiger partial charge is 0.325 e. The zero-order valence-electron chi connectivity index (χ0n) is 14.7. The molecular formula is C18H14N4O6. The number of rotatable bonds is 4. The molecule has 0 bridgehead atoms. The molecule has 2 aliphatic heterocycles. The Morgan fingerprint density at radius 3 is 2.86 bits per heavy atom. The lowest BCUT2D eigenvalue weighted by atomic mass is 9.91. The van der Waals surface area contributed by atoms with Crippen molar-refractivity contribution in [1.82, 2.24) is 20.4 Å². The van der Waals surface area contributed by atoms with Crippen molar-refractivity contribution in [1.29, 1.82) is 0 Å². The number of nitrogens with zero attached hydrogens (tertiary/aromatic N) is 3. The number of ether oxygens (including phenoxy) is 2.